The van der Waals surface area contributed by atoms with Crippen LogP contribution in [0.2, 0.25) is 0 Å². The van der Waals surface area contributed by atoms with Crippen LogP contribution in [0.5, 0.6) is 5.75 Å². The molecule has 0 aromatic heterocycles. The molecule has 3 amide bonds. The first-order valence-corrected chi connectivity index (χ1v) is 15.0. The second kappa shape index (κ2) is 14.3. The molecule has 3 atom stereocenters. The molecule has 7 heteroatoms. The zero-order valence-corrected chi connectivity index (χ0v) is 24.1. The predicted octanol–water partition coefficient (Wildman–Crippen LogP) is 5.46. The van der Waals surface area contributed by atoms with Crippen molar-refractivity contribution in [2.45, 2.75) is 83.7 Å². The lowest BCUT2D eigenvalue weighted by Gasteiger charge is -2.33. The maximum absolute atomic E-state index is 13.7. The Morgan fingerprint density at radius 2 is 1.80 bits per heavy atom. The Hall–Kier alpha value is -3.35. The molecule has 2 fully saturated rings. The van der Waals surface area contributed by atoms with Crippen molar-refractivity contribution in [3.63, 3.8) is 0 Å². The average molecular weight is 548 g/mol. The van der Waals surface area contributed by atoms with Crippen molar-refractivity contribution in [1.29, 1.82) is 0 Å². The zero-order chi connectivity index (χ0) is 28.5. The van der Waals surface area contributed by atoms with Crippen LogP contribution in [-0.4, -0.2) is 42.3 Å². The third-order valence-electron chi connectivity index (χ3n) is 8.69. The smallest absolute Gasteiger partial charge is 0.245 e. The number of ether oxygens (including phenoxy) is 1. The fourth-order valence-corrected chi connectivity index (χ4v) is 6.04. The molecule has 1 saturated carbocycles. The van der Waals surface area contributed by atoms with E-state index in [2.05, 4.69) is 24.4 Å². The summed E-state index contributed by atoms with van der Waals surface area (Å²) in [6, 6.07) is 15.6. The third-order valence-corrected chi connectivity index (χ3v) is 8.69. The van der Waals surface area contributed by atoms with Gasteiger partial charge >= 0.3 is 0 Å². The van der Waals surface area contributed by atoms with E-state index in [4.69, 9.17) is 10.5 Å². The second-order valence-corrected chi connectivity index (χ2v) is 11.5. The number of nitrogens with two attached hydrogens (primary N) is 1. The summed E-state index contributed by atoms with van der Waals surface area (Å²) in [5.41, 5.74) is 9.02. The first kappa shape index (κ1) is 29.6. The number of nitrogens with one attached hydrogen (secondary N) is 1. The largest absolute Gasteiger partial charge is 0.497 e. The predicted molar refractivity (Wildman–Crippen MR) is 157 cm³/mol. The van der Waals surface area contributed by atoms with E-state index >= 15 is 0 Å². The highest BCUT2D eigenvalue weighted by Crippen LogP contribution is 2.36. The van der Waals surface area contributed by atoms with Gasteiger partial charge in [-0.15, -0.1) is 0 Å². The molecule has 0 radical (unpaired) electrons. The van der Waals surface area contributed by atoms with E-state index in [1.807, 2.05) is 41.3 Å². The van der Waals surface area contributed by atoms with Crippen molar-refractivity contribution in [3.05, 3.63) is 54.1 Å². The summed E-state index contributed by atoms with van der Waals surface area (Å²) >= 11 is 0. The van der Waals surface area contributed by atoms with E-state index in [9.17, 15) is 14.4 Å². The number of methoxy groups -OCH3 is 1. The van der Waals surface area contributed by atoms with E-state index in [1.54, 1.807) is 7.11 Å². The minimum atomic E-state index is -0.580. The molecule has 216 valence electrons. The van der Waals surface area contributed by atoms with Crippen LogP contribution in [0.4, 0.5) is 0 Å². The van der Waals surface area contributed by atoms with Crippen molar-refractivity contribution in [3.8, 4) is 16.9 Å². The highest BCUT2D eigenvalue weighted by molar-refractivity contribution is 5.91. The van der Waals surface area contributed by atoms with Crippen molar-refractivity contribution in [2.24, 2.45) is 23.5 Å². The Morgan fingerprint density at radius 3 is 2.45 bits per heavy atom. The number of likely N-dealkylation sites (tertiary alicyclic amines) is 1. The lowest BCUT2D eigenvalue weighted by molar-refractivity contribution is -0.139. The maximum Gasteiger partial charge on any atom is 0.245 e. The molecule has 1 heterocycles. The van der Waals surface area contributed by atoms with Gasteiger partial charge in [0, 0.05) is 24.9 Å². The van der Waals surface area contributed by atoms with Crippen LogP contribution in [0.15, 0.2) is 48.5 Å². The SMILES string of the molecule is CCCC[C@H](C(N)=O)[C@@H](CC1CCC1)C(=O)N[C@H]1CCCCN(Cc2cccc(-c3ccc(OC)cc3)c2)C1=O. The Balaban J connectivity index is 1.46. The molecule has 0 spiro atoms. The van der Waals surface area contributed by atoms with Crippen LogP contribution in [0, 0.1) is 17.8 Å². The molecule has 1 saturated heterocycles. The minimum absolute atomic E-state index is 0.0488. The first-order valence-electron chi connectivity index (χ1n) is 15.0. The molecule has 3 N–H and O–H groups in total. The first-order chi connectivity index (χ1) is 19.4. The molecule has 2 aromatic rings. The Morgan fingerprint density at radius 1 is 1.02 bits per heavy atom. The van der Waals surface area contributed by atoms with E-state index < -0.39 is 23.8 Å². The fourth-order valence-electron chi connectivity index (χ4n) is 6.04. The number of nitrogens with zero attached hydrogens (tertiary/aromatic N) is 1. The quantitative estimate of drug-likeness (QED) is 0.348. The maximum atomic E-state index is 13.7. The summed E-state index contributed by atoms with van der Waals surface area (Å²) in [6.07, 6.45) is 8.81. The monoisotopic (exact) mass is 547 g/mol. The number of amides is 3. The summed E-state index contributed by atoms with van der Waals surface area (Å²) in [4.78, 5) is 41.7. The van der Waals surface area contributed by atoms with Gasteiger partial charge in [0.1, 0.15) is 11.8 Å². The molecule has 0 bridgehead atoms. The lowest BCUT2D eigenvalue weighted by Crippen LogP contribution is -2.51. The molecule has 40 heavy (non-hydrogen) atoms. The number of benzene rings is 2. The fraction of sp³-hybridized carbons (Fsp3) is 0.545. The third kappa shape index (κ3) is 7.64. The molecule has 2 aromatic carbocycles. The van der Waals surface area contributed by atoms with Crippen molar-refractivity contribution in [1.82, 2.24) is 10.2 Å². The van der Waals surface area contributed by atoms with E-state index in [0.29, 0.717) is 38.3 Å². The van der Waals surface area contributed by atoms with Gasteiger partial charge in [-0.2, -0.15) is 0 Å². The van der Waals surface area contributed by atoms with Gasteiger partial charge in [-0.3, -0.25) is 14.4 Å². The van der Waals surface area contributed by atoms with Gasteiger partial charge in [-0.25, -0.2) is 0 Å². The Labute approximate surface area is 238 Å². The number of hydrogen-bond acceptors (Lipinski definition) is 4. The topological polar surface area (TPSA) is 102 Å². The van der Waals surface area contributed by atoms with Gasteiger partial charge in [-0.05, 0) is 72.9 Å². The summed E-state index contributed by atoms with van der Waals surface area (Å²) in [6.45, 7) is 3.22. The number of carbonyl (C=O) groups excluding carboxylic acids is 3. The molecule has 1 aliphatic heterocycles. The molecular weight excluding hydrogens is 502 g/mol. The summed E-state index contributed by atoms with van der Waals surface area (Å²) < 4.78 is 5.28. The van der Waals surface area contributed by atoms with Gasteiger partial charge in [-0.1, -0.05) is 69.4 Å². The number of unbranched alkanes of at least 4 members (excludes halogenated alkanes) is 1. The van der Waals surface area contributed by atoms with Crippen LogP contribution in [0.25, 0.3) is 11.1 Å². The average Bonchev–Trinajstić information content (AvgIpc) is 3.10. The number of rotatable bonds is 13. The normalized spacial score (nSPS) is 19.3. The zero-order valence-electron chi connectivity index (χ0n) is 24.1. The van der Waals surface area contributed by atoms with Crippen molar-refractivity contribution < 1.29 is 19.1 Å². The number of hydrogen-bond donors (Lipinski definition) is 2. The molecular formula is C33H45N3O4. The van der Waals surface area contributed by atoms with E-state index in [1.165, 1.54) is 6.42 Å². The summed E-state index contributed by atoms with van der Waals surface area (Å²) in [5, 5.41) is 3.09. The number of primary amides is 1. The van der Waals surface area contributed by atoms with Crippen LogP contribution in [0.1, 0.15) is 76.7 Å². The van der Waals surface area contributed by atoms with E-state index in [0.717, 1.165) is 61.0 Å². The summed E-state index contributed by atoms with van der Waals surface area (Å²) in [7, 11) is 1.65. The van der Waals surface area contributed by atoms with Crippen LogP contribution in [-0.2, 0) is 20.9 Å². The lowest BCUT2D eigenvalue weighted by atomic mass is 9.73. The van der Waals surface area contributed by atoms with Gasteiger partial charge in [0.2, 0.25) is 17.7 Å². The number of carbonyl (C=O) groups is 3. The molecule has 0 unspecified atom stereocenters. The molecule has 7 nitrogen and oxygen atoms in total. The van der Waals surface area contributed by atoms with Crippen LogP contribution >= 0.6 is 0 Å². The Kier molecular flexibility index (Phi) is 10.6. The standard InChI is InChI=1S/C33H45N3O4/c1-3-4-13-28(31(34)37)29(21-23-9-7-10-23)32(38)35-30-14-5-6-19-36(33(30)39)22-24-11-8-12-26(20-24)25-15-17-27(40-2)18-16-25/h8,11-12,15-18,20,23,28-30H,3-7,9-10,13-14,19,21-22H2,1-2H3,(H2,34,37)(H,35,38)/t28-,29+,30-/m0/s1. The summed E-state index contributed by atoms with van der Waals surface area (Å²) in [5.74, 6) is -0.332. The molecule has 1 aliphatic carbocycles. The van der Waals surface area contributed by atoms with Crippen molar-refractivity contribution >= 4 is 17.7 Å². The highest BCUT2D eigenvalue weighted by atomic mass is 16.5. The van der Waals surface area contributed by atoms with Crippen LogP contribution in [0.3, 0.4) is 0 Å². The Bertz CT molecular complexity index is 1140. The minimum Gasteiger partial charge on any atom is -0.497 e. The van der Waals surface area contributed by atoms with Crippen molar-refractivity contribution in [2.75, 3.05) is 13.7 Å². The van der Waals surface area contributed by atoms with E-state index in [-0.39, 0.29) is 11.8 Å². The van der Waals surface area contributed by atoms with Gasteiger partial charge in [0.15, 0.2) is 0 Å². The van der Waals surface area contributed by atoms with Crippen LogP contribution < -0.4 is 15.8 Å². The molecule has 2 aliphatic rings. The van der Waals surface area contributed by atoms with Gasteiger partial charge in [0.25, 0.3) is 0 Å². The van der Waals surface area contributed by atoms with Gasteiger partial charge in [0.05, 0.1) is 7.11 Å². The highest BCUT2D eigenvalue weighted by Gasteiger charge is 2.38. The molecule has 4 rings (SSSR count). The second-order valence-electron chi connectivity index (χ2n) is 11.5. The van der Waals surface area contributed by atoms with Gasteiger partial charge < -0.3 is 20.7 Å².